The van der Waals surface area contributed by atoms with Crippen molar-refractivity contribution in [2.24, 2.45) is 0 Å². The Kier molecular flexibility index (Phi) is 40.8. The van der Waals surface area contributed by atoms with Gasteiger partial charge in [0, 0.05) is 39.0 Å². The van der Waals surface area contributed by atoms with E-state index in [0.717, 1.165) is 14.1 Å². The fraction of sp³-hybridized carbons (Fsp3) is 0.514. The molecule has 2 N–H and O–H groups in total. The highest BCUT2D eigenvalue weighted by Gasteiger charge is 2.47. The molecule has 0 aromatic heterocycles. The van der Waals surface area contributed by atoms with Crippen molar-refractivity contribution in [1.82, 2.24) is 26.7 Å². The van der Waals surface area contributed by atoms with E-state index in [1.807, 2.05) is 0 Å². The average molecular weight is 2180 g/mol. The Bertz CT molecular complexity index is 5440. The number of hydroxylamine groups is 6. The van der Waals surface area contributed by atoms with Gasteiger partial charge < -0.3 is 29.5 Å². The van der Waals surface area contributed by atoms with Gasteiger partial charge >= 0.3 is 74.1 Å². The first-order valence-electron chi connectivity index (χ1n) is 37.7. The first-order valence-corrected chi connectivity index (χ1v) is 47.5. The SMILES string of the molecule is CN(C)CCCN(S(=O)(=O)Cc1cc(C(F)(F)F)cc(C(F)(F)F)c1)S(=O)(=O)Cc1cc(C(F)(F)F)cc(C(F)(F)F)c1.CN(C)CCCNS(=O)(=O)Cc1cc(C(F)(F)F)cc(C(F)(F)F)c1.C[N+](C)([O-])CCCN(S(=O)(=O)Cc1cc(C(F)(F)F)cc(C(F)(F)F)c1)S(=O)(=O)Cc1cc(C(F)(F)F)cc(C(F)(F)F)c1.C[N+](C)([O-])CCCNS(=O)(=O)Cc1cc(C(F)(F)F)cc(C(F)(F)F)c1. The molecular formula is C74H80F36N8O14S6. The Labute approximate surface area is 764 Å². The number of sulfonamides is 6. The van der Waals surface area contributed by atoms with E-state index in [0.29, 0.717) is 37.2 Å². The molecule has 6 aromatic rings. The van der Waals surface area contributed by atoms with Gasteiger partial charge in [-0.3, -0.25) is 0 Å². The van der Waals surface area contributed by atoms with Crippen LogP contribution in [0, 0.1) is 10.4 Å². The summed E-state index contributed by atoms with van der Waals surface area (Å²) in [6.45, 7) is -2.16. The Balaban J connectivity index is 0.000000488. The minimum Gasteiger partial charge on any atom is -0.633 e. The second-order valence-corrected chi connectivity index (χ2v) is 43.1. The van der Waals surface area contributed by atoms with Gasteiger partial charge in [-0.05, 0) is 197 Å². The lowest BCUT2D eigenvalue weighted by Crippen LogP contribution is -2.41. The van der Waals surface area contributed by atoms with Crippen LogP contribution >= 0.6 is 0 Å². The summed E-state index contributed by atoms with van der Waals surface area (Å²) in [5.74, 6) is -9.12. The molecule has 0 heterocycles. The molecule has 788 valence electrons. The van der Waals surface area contributed by atoms with Crippen LogP contribution in [0.2, 0.25) is 0 Å². The van der Waals surface area contributed by atoms with Crippen LogP contribution in [0.5, 0.6) is 0 Å². The predicted octanol–water partition coefficient (Wildman–Crippen LogP) is 19.0. The lowest BCUT2D eigenvalue weighted by molar-refractivity contribution is -0.840. The summed E-state index contributed by atoms with van der Waals surface area (Å²) in [5, 5.41) is 23.2. The Morgan fingerprint density at radius 2 is 0.384 bits per heavy atom. The van der Waals surface area contributed by atoms with E-state index < -0.39 is 308 Å². The number of rotatable bonds is 34. The predicted molar refractivity (Wildman–Crippen MR) is 420 cm³/mol. The maximum absolute atomic E-state index is 13.3. The molecule has 6 aromatic carbocycles. The number of nitrogens with zero attached hydrogens (tertiary/aromatic N) is 6. The summed E-state index contributed by atoms with van der Waals surface area (Å²) in [4.78, 5) is 3.24. The number of alkyl halides is 36. The summed E-state index contributed by atoms with van der Waals surface area (Å²) in [6.07, 6.45) is -63.6. The molecule has 0 unspecified atom stereocenters. The fourth-order valence-electron chi connectivity index (χ4n) is 11.6. The van der Waals surface area contributed by atoms with Gasteiger partial charge in [-0.15, -0.1) is 0 Å². The van der Waals surface area contributed by atoms with E-state index in [1.165, 1.54) is 33.1 Å². The maximum atomic E-state index is 13.3. The van der Waals surface area contributed by atoms with E-state index >= 15 is 0 Å². The van der Waals surface area contributed by atoms with E-state index in [9.17, 15) is 219 Å². The molecule has 22 nitrogen and oxygen atoms in total. The largest absolute Gasteiger partial charge is 0.633 e. The van der Waals surface area contributed by atoms with Crippen molar-refractivity contribution >= 4 is 60.1 Å². The van der Waals surface area contributed by atoms with Gasteiger partial charge in [0.1, 0.15) is 0 Å². The highest BCUT2D eigenvalue weighted by atomic mass is 32.3. The van der Waals surface area contributed by atoms with Crippen LogP contribution < -0.4 is 9.44 Å². The molecule has 0 aliphatic rings. The molecule has 0 radical (unpaired) electrons. The molecule has 0 amide bonds. The number of halogens is 36. The van der Waals surface area contributed by atoms with Crippen LogP contribution in [0.4, 0.5) is 158 Å². The van der Waals surface area contributed by atoms with Crippen molar-refractivity contribution in [2.75, 3.05) is 109 Å². The summed E-state index contributed by atoms with van der Waals surface area (Å²) in [6, 6.07) is 0.347. The zero-order chi connectivity index (χ0) is 108. The second-order valence-electron chi connectivity index (χ2n) is 31.4. The van der Waals surface area contributed by atoms with Crippen molar-refractivity contribution in [2.45, 2.75) is 134 Å². The van der Waals surface area contributed by atoms with Crippen LogP contribution in [-0.2, 0) is 169 Å². The standard InChI is InChI=1S/C23H22F12N2O5S2.C23H22F12N2O4S2.C14H18F6N2O3S.C14H18F6N2O2S/c1-37(2,38)5-3-4-36(43(39,40)12-14-6-16(20(24,25)26)10-17(7-14)21(27,28)29)44(41,42)13-15-8-18(22(30,31)32)11-19(9-15)23(33,34)35;1-36(2)4-3-5-37(42(38,39)12-14-6-16(20(24,25)26)10-17(7-14)21(27,28)29)43(40,41)13-15-8-18(22(30,31)32)11-19(9-15)23(33,34)35;1-22(2,23)5-3-4-21-26(24,25)9-10-6-11(13(15,16)17)8-12(7-10)14(18,19)20;1-22(2)5-3-4-21-25(23,24)9-10-6-11(13(15,16)17)8-12(7-10)14(18,19)20/h6-11H,3-5,12-13H2,1-2H3;6-11H,3-5,12-13H2,1-2H3;6-8,21H,3-5,9H2,1-2H3;6-8,21H,3-5,9H2,1-2H3. The third-order valence-corrected chi connectivity index (χ3v) is 29.0. The highest BCUT2D eigenvalue weighted by Crippen LogP contribution is 2.45. The number of quaternary nitrogens is 2. The smallest absolute Gasteiger partial charge is 0.416 e. The third kappa shape index (κ3) is 42.7. The first kappa shape index (κ1) is 124. The van der Waals surface area contributed by atoms with E-state index in [2.05, 4.69) is 9.44 Å². The van der Waals surface area contributed by atoms with Crippen LogP contribution in [0.3, 0.4) is 0 Å². The van der Waals surface area contributed by atoms with Gasteiger partial charge in [-0.2, -0.15) is 158 Å². The monoisotopic (exact) mass is 2180 g/mol. The van der Waals surface area contributed by atoms with Gasteiger partial charge in [-0.1, -0.05) is 7.42 Å². The fourth-order valence-corrected chi connectivity index (χ4v) is 21.9. The molecule has 0 aliphatic heterocycles. The van der Waals surface area contributed by atoms with Gasteiger partial charge in [0.2, 0.25) is 60.1 Å². The van der Waals surface area contributed by atoms with Crippen molar-refractivity contribution in [3.05, 3.63) is 220 Å². The van der Waals surface area contributed by atoms with Crippen molar-refractivity contribution < 1.29 is 218 Å². The summed E-state index contributed by atoms with van der Waals surface area (Å²) in [7, 11) is -18.8. The lowest BCUT2D eigenvalue weighted by atomic mass is 10.1. The summed E-state index contributed by atoms with van der Waals surface area (Å²) < 4.78 is 626. The first-order chi connectivity index (χ1) is 61.2. The number of benzene rings is 6. The summed E-state index contributed by atoms with van der Waals surface area (Å²) in [5.41, 5.74) is -27.5. The molecule has 64 heteroatoms. The third-order valence-electron chi connectivity index (χ3n) is 17.5. The Morgan fingerprint density at radius 3 is 0.551 bits per heavy atom. The van der Waals surface area contributed by atoms with Crippen LogP contribution in [-0.4, -0.2) is 186 Å². The minimum absolute atomic E-state index is 0.00234. The van der Waals surface area contributed by atoms with Crippen LogP contribution in [0.15, 0.2) is 109 Å². The molecule has 0 bridgehead atoms. The van der Waals surface area contributed by atoms with Gasteiger partial charge in [-0.25, -0.2) is 60.0 Å². The average Bonchev–Trinajstić information content (AvgIpc) is 0.766. The molecule has 0 aliphatic carbocycles. The molecule has 0 saturated heterocycles. The topological polar surface area (TPSA) is 288 Å². The van der Waals surface area contributed by atoms with Crippen molar-refractivity contribution in [3.63, 3.8) is 0 Å². The molecule has 0 atom stereocenters. The van der Waals surface area contributed by atoms with Gasteiger partial charge in [0.25, 0.3) is 0 Å². The molecule has 138 heavy (non-hydrogen) atoms. The zero-order valence-electron chi connectivity index (χ0n) is 71.6. The van der Waals surface area contributed by atoms with Crippen molar-refractivity contribution in [3.8, 4) is 0 Å². The van der Waals surface area contributed by atoms with E-state index in [4.69, 9.17) is 0 Å². The van der Waals surface area contributed by atoms with Gasteiger partial charge in [0.05, 0.1) is 143 Å². The van der Waals surface area contributed by atoms with E-state index in [-0.39, 0.29) is 128 Å². The zero-order valence-corrected chi connectivity index (χ0v) is 76.5. The highest BCUT2D eigenvalue weighted by molar-refractivity contribution is 8.03. The quantitative estimate of drug-likeness (QED) is 0.0164. The molecule has 0 spiro atoms. The molecule has 6 rings (SSSR count). The number of hydrogen-bond donors (Lipinski definition) is 2. The Morgan fingerprint density at radius 1 is 0.232 bits per heavy atom. The maximum Gasteiger partial charge on any atom is 0.416 e. The van der Waals surface area contributed by atoms with E-state index in [1.54, 1.807) is 19.0 Å². The minimum atomic E-state index is -5.52. The lowest BCUT2D eigenvalue weighted by Gasteiger charge is -2.34. The Hall–Kier alpha value is -7.90. The normalized spacial score (nSPS) is 14.0. The summed E-state index contributed by atoms with van der Waals surface area (Å²) >= 11 is 0. The van der Waals surface area contributed by atoms with Crippen LogP contribution in [0.25, 0.3) is 0 Å². The molecule has 0 fully saturated rings. The molecular weight excluding hydrogens is 2100 g/mol. The van der Waals surface area contributed by atoms with Crippen LogP contribution in [0.1, 0.15) is 126 Å². The number of nitrogens with one attached hydrogen (secondary N) is 2. The van der Waals surface area contributed by atoms with Crippen molar-refractivity contribution in [1.29, 1.82) is 0 Å². The number of hydrogen-bond acceptors (Lipinski definition) is 16. The van der Waals surface area contributed by atoms with Gasteiger partial charge in [0.15, 0.2) is 0 Å². The second kappa shape index (κ2) is 45.4. The molecule has 0 saturated carbocycles.